The molecule has 3 N–H and O–H groups in total. The molecule has 3 nitrogen and oxygen atoms in total. The molecule has 0 aromatic carbocycles. The summed E-state index contributed by atoms with van der Waals surface area (Å²) in [5.41, 5.74) is -0.804. The zero-order valence-corrected chi connectivity index (χ0v) is 11.2. The van der Waals surface area contributed by atoms with E-state index in [0.717, 1.165) is 38.5 Å². The number of rotatable bonds is 8. The van der Waals surface area contributed by atoms with Crippen molar-refractivity contribution in [1.29, 1.82) is 0 Å². The van der Waals surface area contributed by atoms with Gasteiger partial charge < -0.3 is 10.2 Å². The molecule has 0 spiro atoms. The molecule has 0 amide bonds. The van der Waals surface area contributed by atoms with E-state index < -0.39 is 12.0 Å². The average molecular weight is 243 g/mol. The summed E-state index contributed by atoms with van der Waals surface area (Å²) in [6.45, 7) is 2.20. The molecule has 0 heterocycles. The number of nitrogens with one attached hydrogen (secondary N) is 1. The highest BCUT2D eigenvalue weighted by atomic mass is 16.3. The van der Waals surface area contributed by atoms with Gasteiger partial charge in [0.1, 0.15) is 12.0 Å². The third-order valence-corrected chi connectivity index (χ3v) is 3.70. The second-order valence-electron chi connectivity index (χ2n) is 5.46. The monoisotopic (exact) mass is 243 g/mol. The number of aliphatic hydroxyl groups excluding tert-OH is 1. The summed E-state index contributed by atoms with van der Waals surface area (Å²) in [6.07, 6.45) is 11.1. The Morgan fingerprint density at radius 1 is 1.06 bits per heavy atom. The Kier molecular flexibility index (Phi) is 7.09. The fourth-order valence-electron chi connectivity index (χ4n) is 2.60. The predicted molar refractivity (Wildman–Crippen MR) is 70.6 cm³/mol. The molecule has 1 atom stereocenters. The summed E-state index contributed by atoms with van der Waals surface area (Å²) in [5, 5.41) is 23.1. The van der Waals surface area contributed by atoms with Crippen LogP contribution in [0.2, 0.25) is 0 Å². The van der Waals surface area contributed by atoms with E-state index in [0.29, 0.717) is 0 Å². The van der Waals surface area contributed by atoms with Gasteiger partial charge in [-0.1, -0.05) is 39.0 Å². The average Bonchev–Trinajstić information content (AvgIpc) is 2.29. The van der Waals surface area contributed by atoms with Crippen molar-refractivity contribution in [3.8, 4) is 0 Å². The minimum Gasteiger partial charge on any atom is -0.379 e. The molecular weight excluding hydrogens is 214 g/mol. The highest BCUT2D eigenvalue weighted by molar-refractivity contribution is 4.80. The van der Waals surface area contributed by atoms with Crippen LogP contribution >= 0.6 is 0 Å². The summed E-state index contributed by atoms with van der Waals surface area (Å²) in [7, 11) is 0. The lowest BCUT2D eigenvalue weighted by molar-refractivity contribution is -0.0724. The minimum atomic E-state index is -0.804. The molecule has 1 fully saturated rings. The van der Waals surface area contributed by atoms with Crippen LogP contribution in [0.25, 0.3) is 0 Å². The topological polar surface area (TPSA) is 52.5 Å². The zero-order chi connectivity index (χ0) is 12.6. The lowest BCUT2D eigenvalue weighted by Gasteiger charge is -2.35. The van der Waals surface area contributed by atoms with Crippen LogP contribution < -0.4 is 5.32 Å². The van der Waals surface area contributed by atoms with Crippen molar-refractivity contribution in [3.05, 3.63) is 0 Å². The Hall–Kier alpha value is -0.120. The van der Waals surface area contributed by atoms with Gasteiger partial charge in [-0.05, 0) is 38.5 Å². The first-order valence-corrected chi connectivity index (χ1v) is 7.34. The summed E-state index contributed by atoms with van der Waals surface area (Å²) in [5.74, 6) is 0. The summed E-state index contributed by atoms with van der Waals surface area (Å²) < 4.78 is 0. The molecule has 0 saturated heterocycles. The van der Waals surface area contributed by atoms with E-state index in [4.69, 9.17) is 0 Å². The maximum Gasteiger partial charge on any atom is 0.117 e. The Balaban J connectivity index is 2.08. The lowest BCUT2D eigenvalue weighted by atomic mass is 9.91. The van der Waals surface area contributed by atoms with Crippen LogP contribution in [0, 0.1) is 0 Å². The summed E-state index contributed by atoms with van der Waals surface area (Å²) in [4.78, 5) is 0. The maximum atomic E-state index is 10.2. The van der Waals surface area contributed by atoms with Crippen LogP contribution in [0.1, 0.15) is 77.6 Å². The Bertz CT molecular complexity index is 191. The molecule has 0 bridgehead atoms. The van der Waals surface area contributed by atoms with Gasteiger partial charge >= 0.3 is 0 Å². The molecule has 1 unspecified atom stereocenters. The minimum absolute atomic E-state index is 0.542. The van der Waals surface area contributed by atoms with Crippen LogP contribution in [-0.4, -0.2) is 22.2 Å². The van der Waals surface area contributed by atoms with Crippen molar-refractivity contribution in [2.45, 2.75) is 89.5 Å². The Labute approximate surface area is 106 Å². The smallest absolute Gasteiger partial charge is 0.117 e. The van der Waals surface area contributed by atoms with Crippen molar-refractivity contribution in [2.24, 2.45) is 0 Å². The van der Waals surface area contributed by atoms with Crippen LogP contribution in [0.5, 0.6) is 0 Å². The summed E-state index contributed by atoms with van der Waals surface area (Å²) >= 11 is 0. The largest absolute Gasteiger partial charge is 0.379 e. The third-order valence-electron chi connectivity index (χ3n) is 3.70. The number of unbranched alkanes of at least 4 members (excludes halogenated alkanes) is 4. The second kappa shape index (κ2) is 8.06. The molecule has 0 radical (unpaired) electrons. The van der Waals surface area contributed by atoms with Gasteiger partial charge in [0.15, 0.2) is 0 Å². The predicted octanol–water partition coefficient (Wildman–Crippen LogP) is 2.91. The molecule has 1 aliphatic carbocycles. The molecule has 0 aliphatic heterocycles. The van der Waals surface area contributed by atoms with Gasteiger partial charge in [0.2, 0.25) is 0 Å². The number of aliphatic hydroxyl groups is 2. The molecule has 1 rings (SSSR count). The first-order valence-electron chi connectivity index (χ1n) is 7.34. The van der Waals surface area contributed by atoms with Crippen molar-refractivity contribution < 1.29 is 10.2 Å². The van der Waals surface area contributed by atoms with E-state index in [9.17, 15) is 10.2 Å². The fourth-order valence-corrected chi connectivity index (χ4v) is 2.60. The van der Waals surface area contributed by atoms with Gasteiger partial charge in [-0.15, -0.1) is 0 Å². The van der Waals surface area contributed by atoms with Gasteiger partial charge in [-0.25, -0.2) is 0 Å². The van der Waals surface area contributed by atoms with Crippen molar-refractivity contribution in [3.63, 3.8) is 0 Å². The van der Waals surface area contributed by atoms with Gasteiger partial charge in [0, 0.05) is 0 Å². The van der Waals surface area contributed by atoms with Crippen molar-refractivity contribution in [1.82, 2.24) is 5.32 Å². The standard InChI is InChI=1S/C14H29NO2/c1-2-3-4-5-7-10-13(16)15-14(17)11-8-6-9-12-14/h13,15-17H,2-12H2,1H3. The first kappa shape index (κ1) is 14.9. The Morgan fingerprint density at radius 2 is 1.71 bits per heavy atom. The van der Waals surface area contributed by atoms with E-state index in [1.165, 1.54) is 32.1 Å². The lowest BCUT2D eigenvalue weighted by Crippen LogP contribution is -2.51. The van der Waals surface area contributed by atoms with Crippen LogP contribution in [0.4, 0.5) is 0 Å². The molecule has 17 heavy (non-hydrogen) atoms. The molecule has 1 aliphatic rings. The molecule has 102 valence electrons. The van der Waals surface area contributed by atoms with Gasteiger partial charge in [-0.2, -0.15) is 0 Å². The van der Waals surface area contributed by atoms with Crippen LogP contribution in [0.3, 0.4) is 0 Å². The molecule has 1 saturated carbocycles. The van der Waals surface area contributed by atoms with E-state index >= 15 is 0 Å². The first-order chi connectivity index (χ1) is 8.16. The van der Waals surface area contributed by atoms with Crippen LogP contribution in [-0.2, 0) is 0 Å². The van der Waals surface area contributed by atoms with Gasteiger partial charge in [0.25, 0.3) is 0 Å². The quantitative estimate of drug-likeness (QED) is 0.454. The maximum absolute atomic E-state index is 10.2. The normalized spacial score (nSPS) is 21.4. The second-order valence-corrected chi connectivity index (χ2v) is 5.46. The van der Waals surface area contributed by atoms with Crippen LogP contribution in [0.15, 0.2) is 0 Å². The van der Waals surface area contributed by atoms with Crippen molar-refractivity contribution >= 4 is 0 Å². The highest BCUT2D eigenvalue weighted by Crippen LogP contribution is 2.26. The van der Waals surface area contributed by atoms with E-state index in [-0.39, 0.29) is 0 Å². The van der Waals surface area contributed by atoms with Gasteiger partial charge in [0.05, 0.1) is 0 Å². The van der Waals surface area contributed by atoms with E-state index in [2.05, 4.69) is 12.2 Å². The van der Waals surface area contributed by atoms with Crippen molar-refractivity contribution in [2.75, 3.05) is 0 Å². The van der Waals surface area contributed by atoms with E-state index in [1.54, 1.807) is 0 Å². The van der Waals surface area contributed by atoms with Gasteiger partial charge in [-0.3, -0.25) is 5.32 Å². The molecule has 0 aromatic heterocycles. The zero-order valence-electron chi connectivity index (χ0n) is 11.2. The number of hydrogen-bond donors (Lipinski definition) is 3. The summed E-state index contributed by atoms with van der Waals surface area (Å²) in [6, 6.07) is 0. The van der Waals surface area contributed by atoms with E-state index in [1.807, 2.05) is 0 Å². The highest BCUT2D eigenvalue weighted by Gasteiger charge is 2.30. The molecular formula is C14H29NO2. The molecule has 3 heteroatoms. The Morgan fingerprint density at radius 3 is 2.35 bits per heavy atom. The SMILES string of the molecule is CCCCCCCC(O)NC1(O)CCCCC1. The fraction of sp³-hybridized carbons (Fsp3) is 1.00. The number of hydrogen-bond acceptors (Lipinski definition) is 3. The third kappa shape index (κ3) is 6.39. The molecule has 0 aromatic rings.